The molecule has 1 atom stereocenters. The van der Waals surface area contributed by atoms with Crippen molar-refractivity contribution in [3.63, 3.8) is 0 Å². The second kappa shape index (κ2) is 4.03. The molecule has 1 aliphatic carbocycles. The van der Waals surface area contributed by atoms with E-state index in [4.69, 9.17) is 4.89 Å². The molecule has 1 heterocycles. The first-order valence-electron chi connectivity index (χ1n) is 4.61. The summed E-state index contributed by atoms with van der Waals surface area (Å²) in [6.45, 7) is 0.641. The van der Waals surface area contributed by atoms with Crippen LogP contribution in [0.25, 0.3) is 0 Å². The molecule has 0 aromatic heterocycles. The van der Waals surface area contributed by atoms with Gasteiger partial charge in [0.1, 0.15) is 6.10 Å². The molecule has 0 aromatic rings. The smallest absolute Gasteiger partial charge is 0.119 e. The van der Waals surface area contributed by atoms with Crippen LogP contribution in [-0.4, -0.2) is 12.7 Å². The fourth-order valence-corrected chi connectivity index (χ4v) is 1.72. The van der Waals surface area contributed by atoms with Crippen LogP contribution in [0.3, 0.4) is 0 Å². The largest absolute Gasteiger partial charge is 0.206 e. The summed E-state index contributed by atoms with van der Waals surface area (Å²) in [7, 11) is 0. The number of allylic oxidation sites excluding steroid dienone is 1. The van der Waals surface area contributed by atoms with Crippen LogP contribution in [0.15, 0.2) is 11.6 Å². The molecule has 12 heavy (non-hydrogen) atoms. The zero-order valence-electron chi connectivity index (χ0n) is 7.12. The molecule has 0 saturated carbocycles. The predicted octanol–water partition coefficient (Wildman–Crippen LogP) is 2.14. The van der Waals surface area contributed by atoms with Gasteiger partial charge in [-0.05, 0) is 31.3 Å². The van der Waals surface area contributed by atoms with Gasteiger partial charge in [0.15, 0.2) is 0 Å². The Morgan fingerprint density at radius 1 is 1.33 bits per heavy atom. The van der Waals surface area contributed by atoms with Gasteiger partial charge in [-0.2, -0.15) is 4.89 Å². The second-order valence-electron chi connectivity index (χ2n) is 3.29. The Morgan fingerprint density at radius 3 is 3.00 bits per heavy atom. The normalized spacial score (nSPS) is 31.3. The van der Waals surface area contributed by atoms with Gasteiger partial charge in [0.25, 0.3) is 0 Å². The van der Waals surface area contributed by atoms with E-state index in [2.05, 4.69) is 16.0 Å². The summed E-state index contributed by atoms with van der Waals surface area (Å²) in [5.41, 5.74) is 1.39. The molecule has 1 aliphatic heterocycles. The van der Waals surface area contributed by atoms with E-state index in [1.807, 2.05) is 0 Å². The average Bonchev–Trinajstić information content (AvgIpc) is 2.21. The summed E-state index contributed by atoms with van der Waals surface area (Å²) in [6.07, 6.45) is 8.30. The molecule has 0 amide bonds. The molecular weight excluding hydrogens is 156 g/mol. The summed E-state index contributed by atoms with van der Waals surface area (Å²) < 4.78 is 0. The SMILES string of the molecule is C1=C(C2CCOOO2)CCCC1. The van der Waals surface area contributed by atoms with E-state index in [1.165, 1.54) is 24.8 Å². The molecule has 0 aromatic carbocycles. The van der Waals surface area contributed by atoms with Crippen LogP contribution in [0, 0.1) is 0 Å². The van der Waals surface area contributed by atoms with Gasteiger partial charge in [-0.15, -0.1) is 0 Å². The van der Waals surface area contributed by atoms with Crippen molar-refractivity contribution in [1.82, 2.24) is 0 Å². The lowest BCUT2D eigenvalue weighted by Crippen LogP contribution is -2.24. The molecule has 0 bridgehead atoms. The minimum atomic E-state index is 0.152. The van der Waals surface area contributed by atoms with Crippen LogP contribution >= 0.6 is 0 Å². The Kier molecular flexibility index (Phi) is 2.76. The van der Waals surface area contributed by atoms with Crippen LogP contribution < -0.4 is 0 Å². The topological polar surface area (TPSA) is 27.7 Å². The molecule has 2 aliphatic rings. The highest BCUT2D eigenvalue weighted by Gasteiger charge is 2.21. The van der Waals surface area contributed by atoms with Crippen LogP contribution in [0.4, 0.5) is 0 Å². The minimum absolute atomic E-state index is 0.152. The molecule has 68 valence electrons. The summed E-state index contributed by atoms with van der Waals surface area (Å²) in [6, 6.07) is 0. The van der Waals surface area contributed by atoms with Gasteiger partial charge in [0.2, 0.25) is 0 Å². The summed E-state index contributed by atoms with van der Waals surface area (Å²) in [5, 5.41) is 4.49. The monoisotopic (exact) mass is 170 g/mol. The van der Waals surface area contributed by atoms with Crippen molar-refractivity contribution in [2.75, 3.05) is 6.61 Å². The number of hydrogen-bond acceptors (Lipinski definition) is 3. The van der Waals surface area contributed by atoms with Crippen LogP contribution in [0.1, 0.15) is 32.1 Å². The molecule has 1 unspecified atom stereocenters. The van der Waals surface area contributed by atoms with Gasteiger partial charge in [-0.25, -0.2) is 4.89 Å². The summed E-state index contributed by atoms with van der Waals surface area (Å²) >= 11 is 0. The maximum atomic E-state index is 5.03. The van der Waals surface area contributed by atoms with E-state index in [0.29, 0.717) is 6.61 Å². The van der Waals surface area contributed by atoms with Crippen molar-refractivity contribution in [2.45, 2.75) is 38.2 Å². The predicted molar refractivity (Wildman–Crippen MR) is 43.1 cm³/mol. The molecule has 0 spiro atoms. The molecule has 3 heteroatoms. The van der Waals surface area contributed by atoms with E-state index in [0.717, 1.165) is 12.8 Å². The quantitative estimate of drug-likeness (QED) is 0.445. The first-order chi connectivity index (χ1) is 5.97. The zero-order valence-corrected chi connectivity index (χ0v) is 7.12. The Balaban J connectivity index is 1.92. The third kappa shape index (κ3) is 1.86. The molecule has 2 rings (SSSR count). The number of hydrogen-bond donors (Lipinski definition) is 0. The molecule has 1 fully saturated rings. The van der Waals surface area contributed by atoms with Crippen LogP contribution in [-0.2, 0) is 14.8 Å². The lowest BCUT2D eigenvalue weighted by Gasteiger charge is -2.24. The van der Waals surface area contributed by atoms with Crippen LogP contribution in [0.5, 0.6) is 0 Å². The molecule has 3 nitrogen and oxygen atoms in total. The van der Waals surface area contributed by atoms with Crippen molar-refractivity contribution in [1.29, 1.82) is 0 Å². The van der Waals surface area contributed by atoms with Crippen LogP contribution in [0.2, 0.25) is 0 Å². The highest BCUT2D eigenvalue weighted by atomic mass is 17.5. The zero-order chi connectivity index (χ0) is 8.23. The summed E-state index contributed by atoms with van der Waals surface area (Å²) in [4.78, 5) is 9.67. The van der Waals surface area contributed by atoms with Crippen molar-refractivity contribution >= 4 is 0 Å². The lowest BCUT2D eigenvalue weighted by molar-refractivity contribution is -0.544. The average molecular weight is 170 g/mol. The van der Waals surface area contributed by atoms with Gasteiger partial charge >= 0.3 is 0 Å². The van der Waals surface area contributed by atoms with Gasteiger partial charge in [-0.1, -0.05) is 11.1 Å². The van der Waals surface area contributed by atoms with Gasteiger partial charge in [0.05, 0.1) is 6.61 Å². The van der Waals surface area contributed by atoms with Crippen molar-refractivity contribution < 1.29 is 14.8 Å². The standard InChI is InChI=1S/C9H14O3/c1-2-4-8(5-3-1)9-6-7-10-12-11-9/h4,9H,1-3,5-7H2. The Bertz CT molecular complexity index is 171. The lowest BCUT2D eigenvalue weighted by atomic mass is 9.94. The highest BCUT2D eigenvalue weighted by Crippen LogP contribution is 2.25. The fourth-order valence-electron chi connectivity index (χ4n) is 1.72. The Morgan fingerprint density at radius 2 is 2.33 bits per heavy atom. The third-order valence-corrected chi connectivity index (χ3v) is 2.41. The van der Waals surface area contributed by atoms with Gasteiger partial charge < -0.3 is 0 Å². The van der Waals surface area contributed by atoms with E-state index in [-0.39, 0.29) is 6.10 Å². The minimum Gasteiger partial charge on any atom is -0.206 e. The first-order valence-corrected chi connectivity index (χ1v) is 4.61. The fraction of sp³-hybridized carbons (Fsp3) is 0.778. The Labute approximate surface area is 72.2 Å². The highest BCUT2D eigenvalue weighted by molar-refractivity contribution is 5.10. The van der Waals surface area contributed by atoms with Gasteiger partial charge in [0, 0.05) is 6.42 Å². The van der Waals surface area contributed by atoms with E-state index in [1.54, 1.807) is 0 Å². The van der Waals surface area contributed by atoms with E-state index < -0.39 is 0 Å². The maximum Gasteiger partial charge on any atom is 0.119 e. The first kappa shape index (κ1) is 8.23. The third-order valence-electron chi connectivity index (χ3n) is 2.41. The van der Waals surface area contributed by atoms with Crippen molar-refractivity contribution in [3.05, 3.63) is 11.6 Å². The maximum absolute atomic E-state index is 5.03. The van der Waals surface area contributed by atoms with Gasteiger partial charge in [-0.3, -0.25) is 0 Å². The summed E-state index contributed by atoms with van der Waals surface area (Å²) in [5.74, 6) is 0. The van der Waals surface area contributed by atoms with E-state index in [9.17, 15) is 0 Å². The van der Waals surface area contributed by atoms with E-state index >= 15 is 0 Å². The molecule has 0 N–H and O–H groups in total. The molecule has 0 radical (unpaired) electrons. The van der Waals surface area contributed by atoms with Crippen molar-refractivity contribution in [2.24, 2.45) is 0 Å². The molecular formula is C9H14O3. The number of rotatable bonds is 1. The van der Waals surface area contributed by atoms with Crippen molar-refractivity contribution in [3.8, 4) is 0 Å². The second-order valence-corrected chi connectivity index (χ2v) is 3.29. The Hall–Kier alpha value is -0.380. The molecule has 1 saturated heterocycles.